The van der Waals surface area contributed by atoms with Crippen molar-refractivity contribution in [3.05, 3.63) is 36.5 Å². The molecule has 0 aliphatic rings. The fourth-order valence-electron chi connectivity index (χ4n) is 2.75. The van der Waals surface area contributed by atoms with Crippen LogP contribution in [0.1, 0.15) is 32.6 Å². The van der Waals surface area contributed by atoms with Gasteiger partial charge in [0, 0.05) is 18.0 Å². The number of fused-ring (bicyclic) bond motifs is 1. The van der Waals surface area contributed by atoms with Gasteiger partial charge in [0.2, 0.25) is 5.91 Å². The number of carbonyl (C=O) groups is 3. The van der Waals surface area contributed by atoms with E-state index in [0.29, 0.717) is 37.1 Å². The molecular formula is C20H25N3O5. The van der Waals surface area contributed by atoms with Crippen LogP contribution in [0.15, 0.2) is 36.5 Å². The molecular weight excluding hydrogens is 362 g/mol. The van der Waals surface area contributed by atoms with Crippen molar-refractivity contribution >= 4 is 34.6 Å². The van der Waals surface area contributed by atoms with Gasteiger partial charge in [0.05, 0.1) is 24.9 Å². The second kappa shape index (κ2) is 10.9. The second-order valence-corrected chi connectivity index (χ2v) is 6.11. The highest BCUT2D eigenvalue weighted by atomic mass is 16.5. The Morgan fingerprint density at radius 1 is 1.14 bits per heavy atom. The van der Waals surface area contributed by atoms with Gasteiger partial charge in [-0.3, -0.25) is 14.6 Å². The fraction of sp³-hybridized carbons (Fsp3) is 0.400. The molecule has 0 saturated carbocycles. The average Bonchev–Trinajstić information content (AvgIpc) is 2.70. The molecule has 0 aliphatic carbocycles. The molecule has 0 radical (unpaired) electrons. The van der Waals surface area contributed by atoms with Gasteiger partial charge in [-0.2, -0.15) is 0 Å². The standard InChI is InChI=1S/C20H25N3O5/c1-3-28-17(24)12-5-4-10-16(23-20(26)27-2)19(25)22-15-11-6-8-14-9-7-13-21-18(14)15/h6-9,11,13,16H,3-5,10,12H2,1-2H3,(H,22,25)(H,23,26). The summed E-state index contributed by atoms with van der Waals surface area (Å²) in [6.45, 7) is 2.09. The summed E-state index contributed by atoms with van der Waals surface area (Å²) in [7, 11) is 1.24. The van der Waals surface area contributed by atoms with Crippen molar-refractivity contribution in [3.8, 4) is 0 Å². The SMILES string of the molecule is CCOC(=O)CCCCC(NC(=O)OC)C(=O)Nc1cccc2cccnc12. The van der Waals surface area contributed by atoms with E-state index in [-0.39, 0.29) is 18.3 Å². The van der Waals surface area contributed by atoms with Crippen LogP contribution in [-0.4, -0.2) is 42.7 Å². The molecule has 2 amide bonds. The Morgan fingerprint density at radius 3 is 2.68 bits per heavy atom. The number of para-hydroxylation sites is 1. The number of anilines is 1. The molecule has 0 aliphatic heterocycles. The molecule has 1 aromatic heterocycles. The predicted molar refractivity (Wildman–Crippen MR) is 105 cm³/mol. The highest BCUT2D eigenvalue weighted by Gasteiger charge is 2.22. The molecule has 2 aromatic rings. The third-order valence-electron chi connectivity index (χ3n) is 4.11. The topological polar surface area (TPSA) is 107 Å². The van der Waals surface area contributed by atoms with Gasteiger partial charge < -0.3 is 20.1 Å². The van der Waals surface area contributed by atoms with Crippen molar-refractivity contribution < 1.29 is 23.9 Å². The highest BCUT2D eigenvalue weighted by molar-refractivity contribution is 6.03. The molecule has 0 bridgehead atoms. The van der Waals surface area contributed by atoms with Crippen LogP contribution in [0.5, 0.6) is 0 Å². The van der Waals surface area contributed by atoms with Crippen LogP contribution in [0.3, 0.4) is 0 Å². The summed E-state index contributed by atoms with van der Waals surface area (Å²) < 4.78 is 9.49. The molecule has 28 heavy (non-hydrogen) atoms. The van der Waals surface area contributed by atoms with Gasteiger partial charge in [0.25, 0.3) is 0 Å². The van der Waals surface area contributed by atoms with Crippen molar-refractivity contribution in [1.82, 2.24) is 10.3 Å². The quantitative estimate of drug-likeness (QED) is 0.506. The first-order valence-electron chi connectivity index (χ1n) is 9.19. The number of aromatic nitrogens is 1. The van der Waals surface area contributed by atoms with E-state index >= 15 is 0 Å². The maximum Gasteiger partial charge on any atom is 0.407 e. The van der Waals surface area contributed by atoms with E-state index in [1.54, 1.807) is 19.2 Å². The number of rotatable bonds is 9. The maximum absolute atomic E-state index is 12.7. The van der Waals surface area contributed by atoms with E-state index in [1.165, 1.54) is 7.11 Å². The molecule has 1 heterocycles. The molecule has 0 spiro atoms. The predicted octanol–water partition coefficient (Wildman–Crippen LogP) is 3.02. The lowest BCUT2D eigenvalue weighted by atomic mass is 10.1. The summed E-state index contributed by atoms with van der Waals surface area (Å²) in [6, 6.07) is 8.40. The van der Waals surface area contributed by atoms with Crippen molar-refractivity contribution in [2.45, 2.75) is 38.6 Å². The number of methoxy groups -OCH3 is 1. The number of esters is 1. The Labute approximate surface area is 163 Å². The average molecular weight is 387 g/mol. The first-order valence-corrected chi connectivity index (χ1v) is 9.19. The lowest BCUT2D eigenvalue weighted by Gasteiger charge is -2.18. The zero-order chi connectivity index (χ0) is 20.4. The number of nitrogens with one attached hydrogen (secondary N) is 2. The summed E-state index contributed by atoms with van der Waals surface area (Å²) in [5.74, 6) is -0.647. The van der Waals surface area contributed by atoms with Gasteiger partial charge in [0.1, 0.15) is 6.04 Å². The first-order chi connectivity index (χ1) is 13.5. The zero-order valence-electron chi connectivity index (χ0n) is 16.1. The van der Waals surface area contributed by atoms with Gasteiger partial charge in [-0.15, -0.1) is 0 Å². The van der Waals surface area contributed by atoms with Crippen LogP contribution < -0.4 is 10.6 Å². The number of ether oxygens (including phenoxy) is 2. The minimum absolute atomic E-state index is 0.271. The monoisotopic (exact) mass is 387 g/mol. The summed E-state index contributed by atoms with van der Waals surface area (Å²) in [5.41, 5.74) is 1.23. The smallest absolute Gasteiger partial charge is 0.407 e. The van der Waals surface area contributed by atoms with E-state index in [9.17, 15) is 14.4 Å². The number of pyridine rings is 1. The summed E-state index contributed by atoms with van der Waals surface area (Å²) in [5, 5.41) is 6.25. The third-order valence-corrected chi connectivity index (χ3v) is 4.11. The van der Waals surface area contributed by atoms with E-state index < -0.39 is 12.1 Å². The molecule has 2 rings (SSSR count). The van der Waals surface area contributed by atoms with Crippen molar-refractivity contribution in [2.24, 2.45) is 0 Å². The lowest BCUT2D eigenvalue weighted by molar-refractivity contribution is -0.143. The maximum atomic E-state index is 12.7. The number of hydrogen-bond donors (Lipinski definition) is 2. The van der Waals surface area contributed by atoms with Crippen LogP contribution in [0.2, 0.25) is 0 Å². The van der Waals surface area contributed by atoms with Crippen LogP contribution >= 0.6 is 0 Å². The first kappa shape index (κ1) is 21.1. The van der Waals surface area contributed by atoms with Crippen LogP contribution in [0.25, 0.3) is 10.9 Å². The van der Waals surface area contributed by atoms with Crippen molar-refractivity contribution in [3.63, 3.8) is 0 Å². The Bertz CT molecular complexity index is 819. The number of benzene rings is 1. The lowest BCUT2D eigenvalue weighted by Crippen LogP contribution is -2.43. The fourth-order valence-corrected chi connectivity index (χ4v) is 2.75. The summed E-state index contributed by atoms with van der Waals surface area (Å²) in [6.07, 6.45) is 2.71. The van der Waals surface area contributed by atoms with Crippen LogP contribution in [0.4, 0.5) is 10.5 Å². The molecule has 8 heteroatoms. The summed E-state index contributed by atoms with van der Waals surface area (Å²) in [4.78, 5) is 40.1. The van der Waals surface area contributed by atoms with E-state index in [4.69, 9.17) is 4.74 Å². The van der Waals surface area contributed by atoms with E-state index in [2.05, 4.69) is 20.4 Å². The van der Waals surface area contributed by atoms with E-state index in [1.807, 2.05) is 24.3 Å². The van der Waals surface area contributed by atoms with Gasteiger partial charge in [-0.05, 0) is 31.9 Å². The summed E-state index contributed by atoms with van der Waals surface area (Å²) >= 11 is 0. The number of hydrogen-bond acceptors (Lipinski definition) is 6. The number of alkyl carbamates (subject to hydrolysis) is 1. The molecule has 2 N–H and O–H groups in total. The largest absolute Gasteiger partial charge is 0.466 e. The second-order valence-electron chi connectivity index (χ2n) is 6.11. The van der Waals surface area contributed by atoms with Gasteiger partial charge in [-0.1, -0.05) is 24.6 Å². The number of carbonyl (C=O) groups excluding carboxylic acids is 3. The molecule has 0 fully saturated rings. The number of unbranched alkanes of at least 4 members (excludes halogenated alkanes) is 1. The molecule has 1 aromatic carbocycles. The van der Waals surface area contributed by atoms with Gasteiger partial charge >= 0.3 is 12.1 Å². The minimum Gasteiger partial charge on any atom is -0.466 e. The highest BCUT2D eigenvalue weighted by Crippen LogP contribution is 2.21. The van der Waals surface area contributed by atoms with E-state index in [0.717, 1.165) is 5.39 Å². The van der Waals surface area contributed by atoms with Crippen molar-refractivity contribution in [2.75, 3.05) is 19.0 Å². The molecule has 8 nitrogen and oxygen atoms in total. The van der Waals surface area contributed by atoms with Gasteiger partial charge in [-0.25, -0.2) is 4.79 Å². The number of amides is 2. The van der Waals surface area contributed by atoms with Crippen molar-refractivity contribution in [1.29, 1.82) is 0 Å². The molecule has 0 saturated heterocycles. The molecule has 1 atom stereocenters. The molecule has 1 unspecified atom stereocenters. The number of nitrogens with zero attached hydrogens (tertiary/aromatic N) is 1. The normalized spacial score (nSPS) is 11.5. The van der Waals surface area contributed by atoms with Crippen LogP contribution in [-0.2, 0) is 19.1 Å². The Morgan fingerprint density at radius 2 is 1.93 bits per heavy atom. The Kier molecular flexibility index (Phi) is 8.20. The third kappa shape index (κ3) is 6.22. The minimum atomic E-state index is -0.798. The molecule has 150 valence electrons. The Hall–Kier alpha value is -3.16. The van der Waals surface area contributed by atoms with Gasteiger partial charge in [0.15, 0.2) is 0 Å². The van der Waals surface area contributed by atoms with Crippen LogP contribution in [0, 0.1) is 0 Å². The zero-order valence-corrected chi connectivity index (χ0v) is 16.1. The Balaban J connectivity index is 2.02.